The number of rotatable bonds is 3. The van der Waals surface area contributed by atoms with Gasteiger partial charge in [-0.2, -0.15) is 0 Å². The molecular formula is C12H17NO3. The number of ether oxygens (including phenoxy) is 2. The minimum atomic E-state index is -0.645. The van der Waals surface area contributed by atoms with Gasteiger partial charge >= 0.3 is 0 Å². The molecule has 3 N–H and O–H groups in total. The lowest BCUT2D eigenvalue weighted by atomic mass is 10.0. The second kappa shape index (κ2) is 4.72. The van der Waals surface area contributed by atoms with Gasteiger partial charge in [0.05, 0.1) is 13.2 Å². The Labute approximate surface area is 95.0 Å². The van der Waals surface area contributed by atoms with E-state index in [0.29, 0.717) is 17.0 Å². The van der Waals surface area contributed by atoms with E-state index in [1.807, 2.05) is 0 Å². The van der Waals surface area contributed by atoms with Crippen LogP contribution in [0.1, 0.15) is 24.5 Å². The Bertz CT molecular complexity index is 361. The van der Waals surface area contributed by atoms with E-state index in [1.54, 1.807) is 25.3 Å². The zero-order valence-corrected chi connectivity index (χ0v) is 9.35. The van der Waals surface area contributed by atoms with Crippen molar-refractivity contribution in [1.29, 1.82) is 0 Å². The molecule has 0 saturated carbocycles. The first kappa shape index (κ1) is 11.2. The highest BCUT2D eigenvalue weighted by atomic mass is 16.5. The maximum Gasteiger partial charge on any atom is 0.120 e. The van der Waals surface area contributed by atoms with Gasteiger partial charge < -0.3 is 20.3 Å². The van der Waals surface area contributed by atoms with Crippen molar-refractivity contribution in [3.05, 3.63) is 23.8 Å². The molecule has 1 fully saturated rings. The van der Waals surface area contributed by atoms with E-state index in [2.05, 4.69) is 0 Å². The van der Waals surface area contributed by atoms with Gasteiger partial charge in [0.15, 0.2) is 0 Å². The van der Waals surface area contributed by atoms with Crippen molar-refractivity contribution in [2.75, 3.05) is 19.5 Å². The summed E-state index contributed by atoms with van der Waals surface area (Å²) < 4.78 is 10.5. The summed E-state index contributed by atoms with van der Waals surface area (Å²) in [6.45, 7) is 0.720. The minimum absolute atomic E-state index is 0.129. The molecule has 2 atom stereocenters. The minimum Gasteiger partial charge on any atom is -0.497 e. The molecule has 0 amide bonds. The first-order chi connectivity index (χ1) is 7.72. The monoisotopic (exact) mass is 223 g/mol. The molecule has 4 nitrogen and oxygen atoms in total. The Morgan fingerprint density at radius 3 is 2.94 bits per heavy atom. The summed E-state index contributed by atoms with van der Waals surface area (Å²) in [5, 5.41) is 10.1. The van der Waals surface area contributed by atoms with E-state index >= 15 is 0 Å². The highest BCUT2D eigenvalue weighted by molar-refractivity contribution is 5.52. The van der Waals surface area contributed by atoms with Crippen LogP contribution in [0.5, 0.6) is 5.75 Å². The first-order valence-corrected chi connectivity index (χ1v) is 5.45. The second-order valence-electron chi connectivity index (χ2n) is 3.99. The Kier molecular flexibility index (Phi) is 3.31. The molecule has 1 heterocycles. The van der Waals surface area contributed by atoms with Crippen molar-refractivity contribution in [1.82, 2.24) is 0 Å². The Morgan fingerprint density at radius 2 is 2.38 bits per heavy atom. The predicted octanol–water partition coefficient (Wildman–Crippen LogP) is 1.49. The third-order valence-electron chi connectivity index (χ3n) is 2.93. The van der Waals surface area contributed by atoms with Crippen LogP contribution < -0.4 is 10.5 Å². The largest absolute Gasteiger partial charge is 0.497 e. The fourth-order valence-electron chi connectivity index (χ4n) is 2.00. The summed E-state index contributed by atoms with van der Waals surface area (Å²) in [5.74, 6) is 0.695. The number of hydrogen-bond acceptors (Lipinski definition) is 4. The lowest BCUT2D eigenvalue weighted by Gasteiger charge is -2.19. The van der Waals surface area contributed by atoms with Gasteiger partial charge in [0.2, 0.25) is 0 Å². The van der Waals surface area contributed by atoms with E-state index in [0.717, 1.165) is 19.4 Å². The van der Waals surface area contributed by atoms with E-state index < -0.39 is 6.10 Å². The molecule has 2 unspecified atom stereocenters. The second-order valence-corrected chi connectivity index (χ2v) is 3.99. The number of aliphatic hydroxyl groups excluding tert-OH is 1. The van der Waals surface area contributed by atoms with Crippen molar-refractivity contribution in [3.8, 4) is 5.75 Å². The van der Waals surface area contributed by atoms with Crippen LogP contribution in [0.4, 0.5) is 5.69 Å². The average Bonchev–Trinajstić information content (AvgIpc) is 2.81. The van der Waals surface area contributed by atoms with Gasteiger partial charge in [0.25, 0.3) is 0 Å². The van der Waals surface area contributed by atoms with Crippen molar-refractivity contribution in [3.63, 3.8) is 0 Å². The Balaban J connectivity index is 2.19. The molecule has 16 heavy (non-hydrogen) atoms. The average molecular weight is 223 g/mol. The lowest BCUT2D eigenvalue weighted by Crippen LogP contribution is -2.18. The number of nitrogen functional groups attached to an aromatic ring is 1. The maximum atomic E-state index is 10.1. The van der Waals surface area contributed by atoms with Crippen LogP contribution in [0.3, 0.4) is 0 Å². The van der Waals surface area contributed by atoms with Gasteiger partial charge in [0, 0.05) is 23.9 Å². The highest BCUT2D eigenvalue weighted by Crippen LogP contribution is 2.31. The van der Waals surface area contributed by atoms with E-state index in [9.17, 15) is 5.11 Å². The van der Waals surface area contributed by atoms with Crippen LogP contribution in [-0.2, 0) is 4.74 Å². The van der Waals surface area contributed by atoms with Gasteiger partial charge in [-0.3, -0.25) is 0 Å². The molecular weight excluding hydrogens is 206 g/mol. The fraction of sp³-hybridized carbons (Fsp3) is 0.500. The van der Waals surface area contributed by atoms with Crippen LogP contribution in [-0.4, -0.2) is 24.9 Å². The Morgan fingerprint density at radius 1 is 1.56 bits per heavy atom. The standard InChI is InChI=1S/C12H17NO3/c1-15-8-4-5-9(10(13)7-8)12(14)11-3-2-6-16-11/h4-5,7,11-12,14H,2-3,6,13H2,1H3. The van der Waals surface area contributed by atoms with E-state index in [4.69, 9.17) is 15.2 Å². The summed E-state index contributed by atoms with van der Waals surface area (Å²) in [4.78, 5) is 0. The smallest absolute Gasteiger partial charge is 0.120 e. The maximum absolute atomic E-state index is 10.1. The Hall–Kier alpha value is -1.26. The molecule has 0 radical (unpaired) electrons. The molecule has 0 bridgehead atoms. The van der Waals surface area contributed by atoms with Crippen molar-refractivity contribution in [2.45, 2.75) is 25.0 Å². The van der Waals surface area contributed by atoms with Crippen LogP contribution >= 0.6 is 0 Å². The zero-order valence-electron chi connectivity index (χ0n) is 9.35. The number of nitrogens with two attached hydrogens (primary N) is 1. The molecule has 1 aliphatic heterocycles. The van der Waals surface area contributed by atoms with E-state index in [-0.39, 0.29) is 6.10 Å². The normalized spacial score (nSPS) is 22.0. The number of benzene rings is 1. The molecule has 0 aliphatic carbocycles. The summed E-state index contributed by atoms with van der Waals surface area (Å²) in [6.07, 6.45) is 1.11. The molecule has 1 aromatic rings. The molecule has 1 aromatic carbocycles. The van der Waals surface area contributed by atoms with Crippen molar-refractivity contribution >= 4 is 5.69 Å². The van der Waals surface area contributed by atoms with Crippen LogP contribution in [0.2, 0.25) is 0 Å². The molecule has 0 spiro atoms. The van der Waals surface area contributed by atoms with Crippen LogP contribution in [0.25, 0.3) is 0 Å². The third kappa shape index (κ3) is 2.13. The zero-order chi connectivity index (χ0) is 11.5. The molecule has 1 aliphatic rings. The summed E-state index contributed by atoms with van der Waals surface area (Å²) in [6, 6.07) is 5.30. The van der Waals surface area contributed by atoms with Gasteiger partial charge in [-0.25, -0.2) is 0 Å². The number of methoxy groups -OCH3 is 1. The van der Waals surface area contributed by atoms with Crippen LogP contribution in [0.15, 0.2) is 18.2 Å². The van der Waals surface area contributed by atoms with Gasteiger partial charge in [0.1, 0.15) is 11.9 Å². The summed E-state index contributed by atoms with van der Waals surface area (Å²) in [5.41, 5.74) is 7.13. The summed E-state index contributed by atoms with van der Waals surface area (Å²) in [7, 11) is 1.59. The molecule has 88 valence electrons. The highest BCUT2D eigenvalue weighted by Gasteiger charge is 2.26. The van der Waals surface area contributed by atoms with Crippen LogP contribution in [0, 0.1) is 0 Å². The van der Waals surface area contributed by atoms with Crippen molar-refractivity contribution < 1.29 is 14.6 Å². The lowest BCUT2D eigenvalue weighted by molar-refractivity contribution is -0.00223. The SMILES string of the molecule is COc1ccc(C(O)C2CCCO2)c(N)c1. The van der Waals surface area contributed by atoms with Gasteiger partial charge in [-0.1, -0.05) is 6.07 Å². The number of hydrogen-bond donors (Lipinski definition) is 2. The molecule has 0 aromatic heterocycles. The van der Waals surface area contributed by atoms with Gasteiger partial charge in [-0.15, -0.1) is 0 Å². The topological polar surface area (TPSA) is 64.7 Å². The third-order valence-corrected chi connectivity index (χ3v) is 2.93. The number of anilines is 1. The summed E-state index contributed by atoms with van der Waals surface area (Å²) >= 11 is 0. The van der Waals surface area contributed by atoms with Gasteiger partial charge in [-0.05, 0) is 18.9 Å². The quantitative estimate of drug-likeness (QED) is 0.762. The van der Waals surface area contributed by atoms with E-state index in [1.165, 1.54) is 0 Å². The molecule has 1 saturated heterocycles. The first-order valence-electron chi connectivity index (χ1n) is 5.45. The van der Waals surface area contributed by atoms with Crippen molar-refractivity contribution in [2.24, 2.45) is 0 Å². The molecule has 4 heteroatoms. The predicted molar refractivity (Wildman–Crippen MR) is 61.3 cm³/mol. The fourth-order valence-corrected chi connectivity index (χ4v) is 2.00. The number of aliphatic hydroxyl groups is 1. The molecule has 2 rings (SSSR count).